The van der Waals surface area contributed by atoms with Crippen molar-refractivity contribution in [3.8, 4) is 5.75 Å². The first-order chi connectivity index (χ1) is 7.04. The van der Waals surface area contributed by atoms with Crippen LogP contribution in [0.5, 0.6) is 5.75 Å². The monoisotopic (exact) mass is 336 g/mol. The van der Waals surface area contributed by atoms with E-state index in [9.17, 15) is 4.79 Å². The Hall–Kier alpha value is -0.550. The van der Waals surface area contributed by atoms with Crippen molar-refractivity contribution >= 4 is 38.0 Å². The minimum atomic E-state index is -1.32. The minimum absolute atomic E-state index is 0.294. The molecule has 1 aromatic rings. The van der Waals surface area contributed by atoms with Gasteiger partial charge in [0, 0.05) is 0 Å². The first-order valence-corrected chi connectivity index (χ1v) is 6.02. The number of halogens is 2. The number of ether oxygens (including phenoxy) is 1. The maximum Gasteiger partial charge on any atom is 0.511 e. The highest BCUT2D eigenvalue weighted by Crippen LogP contribution is 2.35. The van der Waals surface area contributed by atoms with Crippen molar-refractivity contribution in [2.24, 2.45) is 0 Å². The molecule has 0 bridgehead atoms. The second-order valence-corrected chi connectivity index (χ2v) is 4.72. The van der Waals surface area contributed by atoms with E-state index in [0.29, 0.717) is 14.7 Å². The molecule has 5 heteroatoms. The Morgan fingerprint density at radius 1 is 1.40 bits per heavy atom. The van der Waals surface area contributed by atoms with Crippen molar-refractivity contribution in [1.29, 1.82) is 0 Å². The van der Waals surface area contributed by atoms with E-state index < -0.39 is 6.16 Å². The highest BCUT2D eigenvalue weighted by molar-refractivity contribution is 9.11. The highest BCUT2D eigenvalue weighted by Gasteiger charge is 2.11. The van der Waals surface area contributed by atoms with Crippen molar-refractivity contribution in [3.05, 3.63) is 26.6 Å². The topological polar surface area (TPSA) is 46.5 Å². The van der Waals surface area contributed by atoms with Gasteiger partial charge < -0.3 is 9.84 Å². The summed E-state index contributed by atoms with van der Waals surface area (Å²) in [4.78, 5) is 10.4. The fourth-order valence-corrected chi connectivity index (χ4v) is 2.67. The third-order valence-electron chi connectivity index (χ3n) is 1.79. The van der Waals surface area contributed by atoms with Crippen molar-refractivity contribution in [1.82, 2.24) is 0 Å². The minimum Gasteiger partial charge on any atom is -0.449 e. The van der Waals surface area contributed by atoms with Gasteiger partial charge in [0.25, 0.3) is 0 Å². The Kier molecular flexibility index (Phi) is 4.60. The largest absolute Gasteiger partial charge is 0.511 e. The average molecular weight is 338 g/mol. The second kappa shape index (κ2) is 5.51. The number of carbonyl (C=O) groups is 1. The van der Waals surface area contributed by atoms with Gasteiger partial charge >= 0.3 is 6.16 Å². The van der Waals surface area contributed by atoms with Crippen LogP contribution in [0.3, 0.4) is 0 Å². The van der Waals surface area contributed by atoms with Gasteiger partial charge in [-0.25, -0.2) is 4.79 Å². The van der Waals surface area contributed by atoms with E-state index in [2.05, 4.69) is 43.5 Å². The zero-order valence-electron chi connectivity index (χ0n) is 8.09. The molecule has 0 aliphatic heterocycles. The van der Waals surface area contributed by atoms with Crippen molar-refractivity contribution in [2.75, 3.05) is 0 Å². The van der Waals surface area contributed by atoms with E-state index in [0.717, 1.165) is 18.4 Å². The molecule has 0 radical (unpaired) electrons. The highest BCUT2D eigenvalue weighted by atomic mass is 79.9. The Balaban J connectivity index is 3.03. The van der Waals surface area contributed by atoms with Gasteiger partial charge in [0.1, 0.15) is 0 Å². The van der Waals surface area contributed by atoms with E-state index in [4.69, 9.17) is 5.11 Å². The molecule has 0 aromatic heterocycles. The molecule has 15 heavy (non-hydrogen) atoms. The van der Waals surface area contributed by atoms with Crippen LogP contribution in [0, 0.1) is 0 Å². The normalized spacial score (nSPS) is 10.1. The Morgan fingerprint density at radius 2 is 1.93 bits per heavy atom. The Morgan fingerprint density at radius 3 is 2.33 bits per heavy atom. The predicted molar refractivity (Wildman–Crippen MR) is 64.5 cm³/mol. The van der Waals surface area contributed by atoms with Crippen LogP contribution < -0.4 is 4.74 Å². The summed E-state index contributed by atoms with van der Waals surface area (Å²) in [6.07, 6.45) is 0.669. The molecule has 0 amide bonds. The predicted octanol–water partition coefficient (Wildman–Crippen LogP) is 4.22. The van der Waals surface area contributed by atoms with Gasteiger partial charge in [-0.1, -0.05) is 13.3 Å². The molecule has 0 atom stereocenters. The molecule has 0 saturated carbocycles. The summed E-state index contributed by atoms with van der Waals surface area (Å²) < 4.78 is 5.91. The molecule has 0 unspecified atom stereocenters. The summed E-state index contributed by atoms with van der Waals surface area (Å²) in [5.41, 5.74) is 1.13. The molecule has 0 aliphatic carbocycles. The van der Waals surface area contributed by atoms with Crippen LogP contribution in [0.1, 0.15) is 18.9 Å². The lowest BCUT2D eigenvalue weighted by atomic mass is 10.1. The maximum absolute atomic E-state index is 10.4. The number of rotatable bonds is 3. The number of hydrogen-bond acceptors (Lipinski definition) is 2. The molecule has 0 spiro atoms. The van der Waals surface area contributed by atoms with Gasteiger partial charge in [-0.05, 0) is 56.0 Å². The lowest BCUT2D eigenvalue weighted by Crippen LogP contribution is -2.04. The molecule has 0 heterocycles. The van der Waals surface area contributed by atoms with Crippen LogP contribution in [0.15, 0.2) is 21.1 Å². The molecular formula is C10H10Br2O3. The number of hydrogen-bond donors (Lipinski definition) is 1. The van der Waals surface area contributed by atoms with Gasteiger partial charge in [0.2, 0.25) is 0 Å². The van der Waals surface area contributed by atoms with E-state index in [1.54, 1.807) is 0 Å². The SMILES string of the molecule is CCCc1cc(Br)c(OC(=O)O)c(Br)c1. The van der Waals surface area contributed by atoms with Crippen LogP contribution in [-0.4, -0.2) is 11.3 Å². The molecule has 3 nitrogen and oxygen atoms in total. The zero-order valence-corrected chi connectivity index (χ0v) is 11.3. The fraction of sp³-hybridized carbons (Fsp3) is 0.300. The number of carboxylic acid groups (broad SMARTS) is 1. The molecule has 1 rings (SSSR count). The van der Waals surface area contributed by atoms with Crippen molar-refractivity contribution < 1.29 is 14.6 Å². The van der Waals surface area contributed by atoms with Crippen LogP contribution >= 0.6 is 31.9 Å². The molecule has 0 fully saturated rings. The van der Waals surface area contributed by atoms with Gasteiger partial charge in [0.05, 0.1) is 8.95 Å². The average Bonchev–Trinajstić information content (AvgIpc) is 2.11. The third kappa shape index (κ3) is 3.50. The lowest BCUT2D eigenvalue weighted by molar-refractivity contribution is 0.144. The van der Waals surface area contributed by atoms with E-state index in [1.165, 1.54) is 0 Å². The molecular weight excluding hydrogens is 328 g/mol. The van der Waals surface area contributed by atoms with E-state index in [-0.39, 0.29) is 0 Å². The van der Waals surface area contributed by atoms with E-state index in [1.807, 2.05) is 12.1 Å². The van der Waals surface area contributed by atoms with Crippen molar-refractivity contribution in [3.63, 3.8) is 0 Å². The molecule has 0 saturated heterocycles. The smallest absolute Gasteiger partial charge is 0.449 e. The van der Waals surface area contributed by atoms with Gasteiger partial charge in [-0.3, -0.25) is 0 Å². The Bertz CT molecular complexity index is 354. The molecule has 0 aliphatic rings. The third-order valence-corrected chi connectivity index (χ3v) is 2.96. The number of aryl methyl sites for hydroxylation is 1. The standard InChI is InChI=1S/C10H10Br2O3/c1-2-3-6-4-7(11)9(8(12)5-6)15-10(13)14/h4-5H,2-3H2,1H3,(H,13,14). The Labute approximate surface area is 105 Å². The van der Waals surface area contributed by atoms with Crippen molar-refractivity contribution in [2.45, 2.75) is 19.8 Å². The summed E-state index contributed by atoms with van der Waals surface area (Å²) in [6, 6.07) is 3.74. The molecule has 1 aromatic carbocycles. The zero-order chi connectivity index (χ0) is 11.4. The maximum atomic E-state index is 10.4. The van der Waals surface area contributed by atoms with Crippen LogP contribution in [-0.2, 0) is 6.42 Å². The quantitative estimate of drug-likeness (QED) is 0.663. The summed E-state index contributed by atoms with van der Waals surface area (Å²) in [6.45, 7) is 2.09. The number of benzene rings is 1. The van der Waals surface area contributed by atoms with E-state index >= 15 is 0 Å². The van der Waals surface area contributed by atoms with Gasteiger partial charge in [0.15, 0.2) is 5.75 Å². The van der Waals surface area contributed by atoms with Crippen LogP contribution in [0.2, 0.25) is 0 Å². The van der Waals surface area contributed by atoms with Gasteiger partial charge in [-0.15, -0.1) is 0 Å². The molecule has 82 valence electrons. The van der Waals surface area contributed by atoms with Crippen LogP contribution in [0.4, 0.5) is 4.79 Å². The van der Waals surface area contributed by atoms with Gasteiger partial charge in [-0.2, -0.15) is 0 Å². The lowest BCUT2D eigenvalue weighted by Gasteiger charge is -2.08. The summed E-state index contributed by atoms with van der Waals surface area (Å²) >= 11 is 6.56. The summed E-state index contributed by atoms with van der Waals surface area (Å²) in [5.74, 6) is 0.294. The first kappa shape index (κ1) is 12.5. The fourth-order valence-electron chi connectivity index (χ4n) is 1.23. The molecule has 1 N–H and O–H groups in total. The summed E-state index contributed by atoms with van der Waals surface area (Å²) in [7, 11) is 0. The summed E-state index contributed by atoms with van der Waals surface area (Å²) in [5, 5.41) is 8.52. The van der Waals surface area contributed by atoms with Crippen LogP contribution in [0.25, 0.3) is 0 Å². The first-order valence-electron chi connectivity index (χ1n) is 4.43. The second-order valence-electron chi connectivity index (χ2n) is 3.01.